The first-order valence-electron chi connectivity index (χ1n) is 18.2. The lowest BCUT2D eigenvalue weighted by Crippen LogP contribution is -2.57. The van der Waals surface area contributed by atoms with E-state index in [9.17, 15) is 14.4 Å². The normalized spacial score (nSPS) is 17.8. The molecule has 0 radical (unpaired) electrons. The van der Waals surface area contributed by atoms with Crippen LogP contribution in [0.15, 0.2) is 0 Å². The first-order valence-corrected chi connectivity index (χ1v) is 18.2. The molecule has 0 bridgehead atoms. The minimum atomic E-state index is -1.05. The summed E-state index contributed by atoms with van der Waals surface area (Å²) in [7, 11) is 1.72. The van der Waals surface area contributed by atoms with E-state index in [2.05, 4.69) is 34.6 Å². The fraction of sp³-hybridized carbons (Fsp3) is 0.927. The molecule has 0 saturated carbocycles. The third kappa shape index (κ3) is 11.7. The third-order valence-corrected chi connectivity index (χ3v) is 11.6. The van der Waals surface area contributed by atoms with E-state index in [4.69, 9.17) is 18.9 Å². The molecule has 284 valence electrons. The maximum Gasteiger partial charge on any atom is 0.169 e. The number of carbonyl (C=O) groups excluding carboxylic acids is 3. The summed E-state index contributed by atoms with van der Waals surface area (Å²) < 4.78 is 25.9. The Morgan fingerprint density at radius 3 is 1.50 bits per heavy atom. The molecular weight excluding hydrogens is 604 g/mol. The molecule has 0 fully saturated rings. The van der Waals surface area contributed by atoms with Gasteiger partial charge in [-0.25, -0.2) is 0 Å². The van der Waals surface area contributed by atoms with Gasteiger partial charge in [-0.05, 0) is 107 Å². The van der Waals surface area contributed by atoms with Gasteiger partial charge in [0.15, 0.2) is 11.6 Å². The smallest absolute Gasteiger partial charge is 0.169 e. The van der Waals surface area contributed by atoms with E-state index in [1.54, 1.807) is 7.11 Å². The monoisotopic (exact) mass is 683 g/mol. The van der Waals surface area contributed by atoms with Gasteiger partial charge in [0, 0.05) is 24.4 Å². The molecule has 3 unspecified atom stereocenters. The molecule has 0 saturated heterocycles. The predicted octanol–water partition coefficient (Wildman–Crippen LogP) is 10.1. The predicted molar refractivity (Wildman–Crippen MR) is 198 cm³/mol. The van der Waals surface area contributed by atoms with Gasteiger partial charge in [-0.2, -0.15) is 0 Å². The van der Waals surface area contributed by atoms with Crippen molar-refractivity contribution in [2.45, 2.75) is 217 Å². The highest BCUT2D eigenvalue weighted by Gasteiger charge is 2.53. The minimum absolute atomic E-state index is 0.000244. The maximum absolute atomic E-state index is 14.2. The van der Waals surface area contributed by atoms with Crippen LogP contribution in [-0.2, 0) is 33.3 Å². The molecule has 0 rings (SSSR count). The van der Waals surface area contributed by atoms with E-state index < -0.39 is 50.4 Å². The Morgan fingerprint density at radius 1 is 0.646 bits per heavy atom. The highest BCUT2D eigenvalue weighted by molar-refractivity contribution is 5.91. The molecule has 0 amide bonds. The minimum Gasteiger partial charge on any atom is -0.378 e. The van der Waals surface area contributed by atoms with Gasteiger partial charge in [-0.3, -0.25) is 9.59 Å². The van der Waals surface area contributed by atoms with E-state index in [1.165, 1.54) is 0 Å². The standard InChI is InChI=1S/C41H78O7/c1-23-40(20,45-22)27-35(10,11)47-37(14,15)31(44)33(6,7)26-41(21,24-2)48-39(18,19)36(12,13)30(43)29(3)46-38(16,17)34(8,9)25-32(4,5)28-42/h28-29H,23-27H2,1-22H3. The van der Waals surface area contributed by atoms with Crippen LogP contribution in [0.2, 0.25) is 0 Å². The fourth-order valence-corrected chi connectivity index (χ4v) is 7.68. The maximum atomic E-state index is 14.2. The van der Waals surface area contributed by atoms with Crippen LogP contribution in [0.3, 0.4) is 0 Å². The Morgan fingerprint density at radius 2 is 1.10 bits per heavy atom. The van der Waals surface area contributed by atoms with E-state index in [0.717, 1.165) is 12.7 Å². The second kappa shape index (κ2) is 15.2. The number of rotatable bonds is 22. The number of methoxy groups -OCH3 is 1. The molecule has 0 aromatic rings. The molecule has 0 spiro atoms. The van der Waals surface area contributed by atoms with Crippen molar-refractivity contribution in [3.63, 3.8) is 0 Å². The summed E-state index contributed by atoms with van der Waals surface area (Å²) in [6.07, 6.45) is 3.46. The molecule has 0 N–H and O–H groups in total. The molecule has 3 atom stereocenters. The molecule has 0 aliphatic heterocycles. The van der Waals surface area contributed by atoms with Crippen LogP contribution in [-0.4, -0.2) is 64.7 Å². The number of aldehydes is 1. The molecule has 0 aromatic carbocycles. The summed E-state index contributed by atoms with van der Waals surface area (Å²) in [6.45, 7) is 41.5. The fourth-order valence-electron chi connectivity index (χ4n) is 7.68. The number of Topliss-reactive ketones (excluding diaryl/α,β-unsaturated/α-hetero) is 2. The summed E-state index contributed by atoms with van der Waals surface area (Å²) in [5.41, 5.74) is -6.92. The molecule has 48 heavy (non-hydrogen) atoms. The van der Waals surface area contributed by atoms with Crippen LogP contribution in [0.5, 0.6) is 0 Å². The van der Waals surface area contributed by atoms with Crippen molar-refractivity contribution >= 4 is 17.9 Å². The van der Waals surface area contributed by atoms with Crippen molar-refractivity contribution in [3.8, 4) is 0 Å². The lowest BCUT2D eigenvalue weighted by molar-refractivity contribution is -0.210. The SMILES string of the molecule is CCC(C)(CC(C)(C)OC(C)(C)C(=O)C(C)(C)CC(C)(CC)OC(C)(C)C(C)(C)C(=O)C(C)OC(C)(C)C(C)(C)CC(C)(C)C=O)OC. The Labute approximate surface area is 296 Å². The topological polar surface area (TPSA) is 88.1 Å². The van der Waals surface area contributed by atoms with Crippen LogP contribution < -0.4 is 0 Å². The number of hydrogen-bond donors (Lipinski definition) is 0. The average molecular weight is 683 g/mol. The van der Waals surface area contributed by atoms with Gasteiger partial charge in [-0.15, -0.1) is 0 Å². The summed E-state index contributed by atoms with van der Waals surface area (Å²) in [5.74, 6) is -0.0635. The zero-order valence-electron chi connectivity index (χ0n) is 35.5. The van der Waals surface area contributed by atoms with Gasteiger partial charge >= 0.3 is 0 Å². The van der Waals surface area contributed by atoms with Crippen molar-refractivity contribution in [1.82, 2.24) is 0 Å². The van der Waals surface area contributed by atoms with Crippen molar-refractivity contribution in [2.24, 2.45) is 21.7 Å². The Hall–Kier alpha value is -1.15. The van der Waals surface area contributed by atoms with Crippen LogP contribution >= 0.6 is 0 Å². The van der Waals surface area contributed by atoms with Gasteiger partial charge in [-0.1, -0.05) is 69.2 Å². The Bertz CT molecular complexity index is 1100. The van der Waals surface area contributed by atoms with E-state index in [0.29, 0.717) is 25.7 Å². The lowest BCUT2D eigenvalue weighted by Gasteiger charge is -2.50. The summed E-state index contributed by atoms with van der Waals surface area (Å²) in [6, 6.07) is 0. The molecule has 0 heterocycles. The van der Waals surface area contributed by atoms with E-state index >= 15 is 0 Å². The highest BCUT2D eigenvalue weighted by Crippen LogP contribution is 2.47. The number of hydrogen-bond acceptors (Lipinski definition) is 7. The van der Waals surface area contributed by atoms with Gasteiger partial charge < -0.3 is 23.7 Å². The van der Waals surface area contributed by atoms with Gasteiger partial charge in [0.2, 0.25) is 0 Å². The number of carbonyl (C=O) groups is 3. The number of ketones is 2. The zero-order valence-corrected chi connectivity index (χ0v) is 35.5. The van der Waals surface area contributed by atoms with Crippen molar-refractivity contribution < 1.29 is 33.3 Å². The first-order chi connectivity index (χ1) is 21.0. The highest BCUT2D eigenvalue weighted by atomic mass is 16.5. The van der Waals surface area contributed by atoms with Gasteiger partial charge in [0.05, 0.1) is 33.4 Å². The Balaban J connectivity index is 6.14. The van der Waals surface area contributed by atoms with Crippen LogP contribution in [0.1, 0.15) is 178 Å². The van der Waals surface area contributed by atoms with Crippen LogP contribution in [0.4, 0.5) is 0 Å². The quantitative estimate of drug-likeness (QED) is 0.105. The van der Waals surface area contributed by atoms with Crippen LogP contribution in [0.25, 0.3) is 0 Å². The summed E-state index contributed by atoms with van der Waals surface area (Å²) >= 11 is 0. The average Bonchev–Trinajstić information content (AvgIpc) is 2.89. The lowest BCUT2D eigenvalue weighted by atomic mass is 9.67. The van der Waals surface area contributed by atoms with Gasteiger partial charge in [0.25, 0.3) is 0 Å². The zero-order chi connectivity index (χ0) is 38.8. The summed E-state index contributed by atoms with van der Waals surface area (Å²) in [4.78, 5) is 40.1. The van der Waals surface area contributed by atoms with E-state index in [-0.39, 0.29) is 22.6 Å². The number of ether oxygens (including phenoxy) is 4. The second-order valence-electron chi connectivity index (χ2n) is 19.8. The second-order valence-corrected chi connectivity index (χ2v) is 19.8. The summed E-state index contributed by atoms with van der Waals surface area (Å²) in [5, 5.41) is 0. The Kier molecular flexibility index (Phi) is 14.9. The molecule has 7 heteroatoms. The van der Waals surface area contributed by atoms with Crippen molar-refractivity contribution in [3.05, 3.63) is 0 Å². The van der Waals surface area contributed by atoms with E-state index in [1.807, 2.05) is 111 Å². The third-order valence-electron chi connectivity index (χ3n) is 11.6. The molecule has 0 aliphatic carbocycles. The molecule has 0 aliphatic rings. The van der Waals surface area contributed by atoms with Gasteiger partial charge in [0.1, 0.15) is 18.0 Å². The molecular formula is C41H78O7. The molecule has 7 nitrogen and oxygen atoms in total. The van der Waals surface area contributed by atoms with Crippen molar-refractivity contribution in [1.29, 1.82) is 0 Å². The van der Waals surface area contributed by atoms with Crippen LogP contribution in [0, 0.1) is 21.7 Å². The van der Waals surface area contributed by atoms with Crippen molar-refractivity contribution in [2.75, 3.05) is 7.11 Å². The molecule has 0 aromatic heterocycles. The first kappa shape index (κ1) is 46.9. The largest absolute Gasteiger partial charge is 0.378 e.